The third-order valence-corrected chi connectivity index (χ3v) is 5.91. The number of carbonyl (C=O) groups excluding carboxylic acids is 1. The van der Waals surface area contributed by atoms with Gasteiger partial charge in [0.2, 0.25) is 0 Å². The van der Waals surface area contributed by atoms with Crippen molar-refractivity contribution in [2.45, 2.75) is 6.54 Å². The number of hydrogen-bond donors (Lipinski definition) is 2. The molecule has 5 aromatic rings. The van der Waals surface area contributed by atoms with E-state index in [1.807, 2.05) is 53.9 Å². The highest BCUT2D eigenvalue weighted by Gasteiger charge is 2.24. The highest BCUT2D eigenvalue weighted by molar-refractivity contribution is 7.09. The van der Waals surface area contributed by atoms with Crippen molar-refractivity contribution in [1.82, 2.24) is 19.9 Å². The highest BCUT2D eigenvalue weighted by Crippen LogP contribution is 2.31. The maximum Gasteiger partial charge on any atom is 0.257 e. The Labute approximate surface area is 180 Å². The number of nitrogens with two attached hydrogens (primary N) is 1. The van der Waals surface area contributed by atoms with Crippen LogP contribution in [0.3, 0.4) is 0 Å². The van der Waals surface area contributed by atoms with Gasteiger partial charge in [0.05, 0.1) is 23.3 Å². The Kier molecular flexibility index (Phi) is 4.61. The first-order valence-corrected chi connectivity index (χ1v) is 10.5. The summed E-state index contributed by atoms with van der Waals surface area (Å²) in [5.41, 5.74) is 9.89. The molecule has 0 atom stereocenters. The van der Waals surface area contributed by atoms with Crippen molar-refractivity contribution < 1.29 is 4.79 Å². The second-order valence-corrected chi connectivity index (χ2v) is 8.19. The normalized spacial score (nSPS) is 11.2. The summed E-state index contributed by atoms with van der Waals surface area (Å²) in [6.07, 6.45) is 0. The van der Waals surface area contributed by atoms with Crippen molar-refractivity contribution in [3.63, 3.8) is 0 Å². The van der Waals surface area contributed by atoms with Crippen LogP contribution in [0.1, 0.15) is 15.2 Å². The van der Waals surface area contributed by atoms with E-state index in [4.69, 9.17) is 27.3 Å². The Morgan fingerprint density at radius 1 is 1.07 bits per heavy atom. The molecule has 30 heavy (non-hydrogen) atoms. The van der Waals surface area contributed by atoms with Gasteiger partial charge in [-0.25, -0.2) is 9.97 Å². The summed E-state index contributed by atoms with van der Waals surface area (Å²) in [5, 5.41) is 5.47. The van der Waals surface area contributed by atoms with Crippen LogP contribution in [0.5, 0.6) is 0 Å². The Balaban J connectivity index is 1.71. The number of nitrogen functional groups attached to an aromatic ring is 1. The second-order valence-electron chi connectivity index (χ2n) is 6.72. The van der Waals surface area contributed by atoms with E-state index in [9.17, 15) is 4.79 Å². The number of carbonyl (C=O) groups is 1. The van der Waals surface area contributed by atoms with Gasteiger partial charge in [0.25, 0.3) is 5.91 Å². The van der Waals surface area contributed by atoms with Crippen LogP contribution in [0, 0.1) is 0 Å². The quantitative estimate of drug-likeness (QED) is 0.426. The molecule has 0 saturated carbocycles. The SMILES string of the molecule is Nc1c(C(=O)NCc2cccs2)c2nc3ccccc3nc2n1-c1cccc(Cl)c1. The van der Waals surface area contributed by atoms with E-state index in [1.54, 1.807) is 28.0 Å². The van der Waals surface area contributed by atoms with Gasteiger partial charge in [-0.15, -0.1) is 11.3 Å². The smallest absolute Gasteiger partial charge is 0.257 e. The van der Waals surface area contributed by atoms with Crippen LogP contribution in [0.2, 0.25) is 5.02 Å². The minimum Gasteiger partial charge on any atom is -0.384 e. The number of thiophene rings is 1. The van der Waals surface area contributed by atoms with Crippen molar-refractivity contribution in [2.75, 3.05) is 5.73 Å². The lowest BCUT2D eigenvalue weighted by atomic mass is 10.2. The summed E-state index contributed by atoms with van der Waals surface area (Å²) < 4.78 is 1.72. The number of amides is 1. The summed E-state index contributed by atoms with van der Waals surface area (Å²) in [6.45, 7) is 0.417. The molecule has 3 heterocycles. The van der Waals surface area contributed by atoms with Crippen molar-refractivity contribution in [3.05, 3.63) is 81.5 Å². The molecule has 1 amide bonds. The summed E-state index contributed by atoms with van der Waals surface area (Å²) in [4.78, 5) is 23.7. The Morgan fingerprint density at radius 2 is 1.87 bits per heavy atom. The molecule has 8 heteroatoms. The molecular weight excluding hydrogens is 418 g/mol. The molecule has 3 aromatic heterocycles. The predicted octanol–water partition coefficient (Wildman–Crippen LogP) is 4.80. The lowest BCUT2D eigenvalue weighted by Crippen LogP contribution is -2.23. The zero-order valence-corrected chi connectivity index (χ0v) is 17.2. The van der Waals surface area contributed by atoms with Gasteiger partial charge in [-0.05, 0) is 41.8 Å². The number of aromatic nitrogens is 3. The molecule has 0 bridgehead atoms. The van der Waals surface area contributed by atoms with Crippen molar-refractivity contribution in [1.29, 1.82) is 0 Å². The maximum atomic E-state index is 13.1. The summed E-state index contributed by atoms with van der Waals surface area (Å²) in [6, 6.07) is 18.7. The van der Waals surface area contributed by atoms with Crippen LogP contribution in [0.15, 0.2) is 66.0 Å². The Bertz CT molecular complexity index is 1390. The molecule has 0 spiro atoms. The standard InChI is InChI=1S/C22H16ClN5OS/c23-13-5-3-6-14(11-13)28-20(24)18(22(29)25-12-15-7-4-10-30-15)19-21(28)27-17-9-2-1-8-16(17)26-19/h1-11H,12,24H2,(H,25,29). The minimum absolute atomic E-state index is 0.270. The first-order valence-electron chi connectivity index (χ1n) is 9.25. The first-order chi connectivity index (χ1) is 14.6. The van der Waals surface area contributed by atoms with Crippen molar-refractivity contribution in [2.24, 2.45) is 0 Å². The van der Waals surface area contributed by atoms with Gasteiger partial charge in [-0.1, -0.05) is 35.9 Å². The molecule has 2 aromatic carbocycles. The van der Waals surface area contributed by atoms with Gasteiger partial charge in [0.1, 0.15) is 16.9 Å². The van der Waals surface area contributed by atoms with Gasteiger partial charge in [0.15, 0.2) is 5.65 Å². The van der Waals surface area contributed by atoms with Gasteiger partial charge in [0, 0.05) is 9.90 Å². The summed E-state index contributed by atoms with van der Waals surface area (Å²) in [5.74, 6) is -0.0255. The fourth-order valence-corrected chi connectivity index (χ4v) is 4.26. The molecular formula is C22H16ClN5OS. The number of fused-ring (bicyclic) bond motifs is 2. The largest absolute Gasteiger partial charge is 0.384 e. The van der Waals surface area contributed by atoms with Crippen LogP contribution in [0.25, 0.3) is 27.9 Å². The van der Waals surface area contributed by atoms with Crippen molar-refractivity contribution in [3.8, 4) is 5.69 Å². The first kappa shape index (κ1) is 18.6. The van der Waals surface area contributed by atoms with Crippen LogP contribution >= 0.6 is 22.9 Å². The molecule has 5 rings (SSSR count). The second kappa shape index (κ2) is 7.44. The number of halogens is 1. The van der Waals surface area contributed by atoms with Crippen LogP contribution < -0.4 is 11.1 Å². The van der Waals surface area contributed by atoms with E-state index >= 15 is 0 Å². The number of hydrogen-bond acceptors (Lipinski definition) is 5. The fourth-order valence-electron chi connectivity index (χ4n) is 3.43. The molecule has 0 aliphatic heterocycles. The number of anilines is 1. The number of benzene rings is 2. The molecule has 0 fully saturated rings. The molecule has 0 unspecified atom stereocenters. The van der Waals surface area contributed by atoms with Crippen molar-refractivity contribution >= 4 is 56.9 Å². The number of nitrogens with one attached hydrogen (secondary N) is 1. The van der Waals surface area contributed by atoms with Gasteiger partial charge < -0.3 is 11.1 Å². The monoisotopic (exact) mass is 433 g/mol. The molecule has 0 aliphatic rings. The van der Waals surface area contributed by atoms with Crippen LogP contribution in [-0.4, -0.2) is 20.4 Å². The predicted molar refractivity (Wildman–Crippen MR) is 121 cm³/mol. The van der Waals surface area contributed by atoms with E-state index in [-0.39, 0.29) is 11.7 Å². The van der Waals surface area contributed by atoms with E-state index in [2.05, 4.69) is 5.32 Å². The molecule has 3 N–H and O–H groups in total. The minimum atomic E-state index is -0.295. The molecule has 148 valence electrons. The number of nitrogens with zero attached hydrogens (tertiary/aromatic N) is 3. The molecule has 0 aliphatic carbocycles. The number of rotatable bonds is 4. The Hall–Kier alpha value is -3.42. The average molecular weight is 434 g/mol. The fraction of sp³-hybridized carbons (Fsp3) is 0.0455. The lowest BCUT2D eigenvalue weighted by Gasteiger charge is -2.08. The Morgan fingerprint density at radius 3 is 2.60 bits per heavy atom. The summed E-state index contributed by atoms with van der Waals surface area (Å²) in [7, 11) is 0. The van der Waals surface area contributed by atoms with E-state index in [1.165, 1.54) is 0 Å². The number of para-hydroxylation sites is 2. The molecule has 0 radical (unpaired) electrons. The van der Waals surface area contributed by atoms with Gasteiger partial charge >= 0.3 is 0 Å². The zero-order chi connectivity index (χ0) is 20.7. The molecule has 0 saturated heterocycles. The van der Waals surface area contributed by atoms with E-state index in [0.717, 1.165) is 10.4 Å². The maximum absolute atomic E-state index is 13.1. The lowest BCUT2D eigenvalue weighted by molar-refractivity contribution is 0.0953. The summed E-state index contributed by atoms with van der Waals surface area (Å²) >= 11 is 7.78. The molecule has 6 nitrogen and oxygen atoms in total. The topological polar surface area (TPSA) is 85.8 Å². The average Bonchev–Trinajstić information content (AvgIpc) is 3.35. The third kappa shape index (κ3) is 3.18. The highest BCUT2D eigenvalue weighted by atomic mass is 35.5. The van der Waals surface area contributed by atoms with Gasteiger partial charge in [-0.3, -0.25) is 9.36 Å². The zero-order valence-electron chi connectivity index (χ0n) is 15.7. The third-order valence-electron chi connectivity index (χ3n) is 4.79. The van der Waals surface area contributed by atoms with Crippen LogP contribution in [0.4, 0.5) is 5.82 Å². The van der Waals surface area contributed by atoms with E-state index < -0.39 is 0 Å². The van der Waals surface area contributed by atoms with Crippen LogP contribution in [-0.2, 0) is 6.54 Å². The van der Waals surface area contributed by atoms with E-state index in [0.29, 0.717) is 39.5 Å². The van der Waals surface area contributed by atoms with Gasteiger partial charge in [-0.2, -0.15) is 0 Å².